The number of hydrogen-bond donors (Lipinski definition) is 0. The van der Waals surface area contributed by atoms with Gasteiger partial charge in [0.2, 0.25) is 5.78 Å². The zero-order chi connectivity index (χ0) is 7.68. The largest absolute Gasteiger partial charge is 0.296 e. The van der Waals surface area contributed by atoms with Gasteiger partial charge in [0.1, 0.15) is 5.69 Å². The summed E-state index contributed by atoms with van der Waals surface area (Å²) in [6.07, 6.45) is 5.63. The van der Waals surface area contributed by atoms with Crippen molar-refractivity contribution in [1.82, 2.24) is 14.4 Å². The zero-order valence-corrected chi connectivity index (χ0v) is 5.64. The van der Waals surface area contributed by atoms with Gasteiger partial charge >= 0.3 is 0 Å². The maximum atomic E-state index is 10.4. The molecule has 54 valence electrons. The summed E-state index contributed by atoms with van der Waals surface area (Å²) in [5.74, 6) is 0.551. The van der Waals surface area contributed by atoms with Crippen LogP contribution in [-0.4, -0.2) is 20.7 Å². The summed E-state index contributed by atoms with van der Waals surface area (Å²) in [6, 6.07) is 1.75. The highest BCUT2D eigenvalue weighted by molar-refractivity contribution is 5.73. The molecule has 2 heterocycles. The standard InChI is InChI=1S/C7H5N3O/c11-5-6-4-9-7-8-2-1-3-10(6)7/h1-5H. The molecule has 2 aromatic rings. The van der Waals surface area contributed by atoms with Crippen molar-refractivity contribution in [2.75, 3.05) is 0 Å². The maximum absolute atomic E-state index is 10.4. The summed E-state index contributed by atoms with van der Waals surface area (Å²) in [5.41, 5.74) is 0.521. The van der Waals surface area contributed by atoms with Gasteiger partial charge in [-0.15, -0.1) is 0 Å². The van der Waals surface area contributed by atoms with E-state index in [0.717, 1.165) is 6.29 Å². The molecule has 0 fully saturated rings. The van der Waals surface area contributed by atoms with Crippen LogP contribution in [0, 0.1) is 0 Å². The maximum Gasteiger partial charge on any atom is 0.234 e. The molecular formula is C7H5N3O. The van der Waals surface area contributed by atoms with Crippen LogP contribution in [0.15, 0.2) is 24.7 Å². The number of fused-ring (bicyclic) bond motifs is 1. The smallest absolute Gasteiger partial charge is 0.234 e. The first-order valence-corrected chi connectivity index (χ1v) is 3.15. The Bertz CT molecular complexity index is 393. The first-order chi connectivity index (χ1) is 5.42. The molecule has 0 N–H and O–H groups in total. The molecule has 4 heteroatoms. The molecule has 0 aromatic carbocycles. The summed E-state index contributed by atoms with van der Waals surface area (Å²) >= 11 is 0. The molecule has 0 aliphatic carbocycles. The Labute approximate surface area is 62.5 Å². The summed E-state index contributed by atoms with van der Waals surface area (Å²) in [7, 11) is 0. The van der Waals surface area contributed by atoms with Crippen molar-refractivity contribution in [2.24, 2.45) is 0 Å². The van der Waals surface area contributed by atoms with E-state index in [1.165, 1.54) is 6.20 Å². The molecule has 0 amide bonds. The molecule has 0 aliphatic heterocycles. The molecule has 2 aromatic heterocycles. The Morgan fingerprint density at radius 1 is 1.45 bits per heavy atom. The van der Waals surface area contributed by atoms with E-state index in [4.69, 9.17) is 0 Å². The highest BCUT2D eigenvalue weighted by Crippen LogP contribution is 1.99. The fourth-order valence-corrected chi connectivity index (χ4v) is 0.933. The van der Waals surface area contributed by atoms with Crippen molar-refractivity contribution >= 4 is 12.1 Å². The van der Waals surface area contributed by atoms with Gasteiger partial charge in [0.15, 0.2) is 6.29 Å². The second-order valence-corrected chi connectivity index (χ2v) is 2.09. The van der Waals surface area contributed by atoms with Crippen molar-refractivity contribution in [3.8, 4) is 0 Å². The zero-order valence-electron chi connectivity index (χ0n) is 5.64. The lowest BCUT2D eigenvalue weighted by Crippen LogP contribution is -1.90. The quantitative estimate of drug-likeness (QED) is 0.553. The van der Waals surface area contributed by atoms with Gasteiger partial charge in [-0.1, -0.05) is 0 Å². The van der Waals surface area contributed by atoms with Gasteiger partial charge < -0.3 is 0 Å². The Morgan fingerprint density at radius 2 is 2.36 bits per heavy atom. The van der Waals surface area contributed by atoms with Crippen molar-refractivity contribution in [3.05, 3.63) is 30.4 Å². The summed E-state index contributed by atoms with van der Waals surface area (Å²) < 4.78 is 1.63. The Kier molecular flexibility index (Phi) is 1.18. The van der Waals surface area contributed by atoms with Gasteiger partial charge in [0.05, 0.1) is 6.20 Å². The van der Waals surface area contributed by atoms with Crippen LogP contribution in [0.3, 0.4) is 0 Å². The molecule has 0 aliphatic rings. The summed E-state index contributed by atoms with van der Waals surface area (Å²) in [4.78, 5) is 18.2. The van der Waals surface area contributed by atoms with E-state index in [-0.39, 0.29) is 0 Å². The monoisotopic (exact) mass is 147 g/mol. The van der Waals surface area contributed by atoms with Crippen molar-refractivity contribution in [2.45, 2.75) is 0 Å². The molecule has 0 atom stereocenters. The number of imidazole rings is 1. The Balaban J connectivity index is 2.86. The van der Waals surface area contributed by atoms with E-state index >= 15 is 0 Å². The van der Waals surface area contributed by atoms with Crippen LogP contribution >= 0.6 is 0 Å². The normalized spacial score (nSPS) is 10.2. The SMILES string of the molecule is O=Cc1cnc2ncccn12. The highest BCUT2D eigenvalue weighted by atomic mass is 16.1. The summed E-state index contributed by atoms with van der Waals surface area (Å²) in [5, 5.41) is 0. The minimum absolute atomic E-state index is 0.521. The number of carbonyl (C=O) groups is 1. The molecule has 0 radical (unpaired) electrons. The molecule has 4 nitrogen and oxygen atoms in total. The minimum atomic E-state index is 0.521. The molecule has 0 spiro atoms. The average Bonchev–Trinajstić information content (AvgIpc) is 2.47. The third-order valence-electron chi connectivity index (χ3n) is 1.44. The van der Waals surface area contributed by atoms with Crippen LogP contribution in [0.2, 0.25) is 0 Å². The van der Waals surface area contributed by atoms with Crippen LogP contribution < -0.4 is 0 Å². The molecule has 2 rings (SSSR count). The Hall–Kier alpha value is -1.71. The van der Waals surface area contributed by atoms with E-state index in [1.54, 1.807) is 22.9 Å². The molecule has 0 saturated carbocycles. The number of rotatable bonds is 1. The average molecular weight is 147 g/mol. The lowest BCUT2D eigenvalue weighted by Gasteiger charge is -1.89. The number of carbonyl (C=O) groups excluding carboxylic acids is 1. The van der Waals surface area contributed by atoms with Crippen LogP contribution in [-0.2, 0) is 0 Å². The second-order valence-electron chi connectivity index (χ2n) is 2.09. The fourth-order valence-electron chi connectivity index (χ4n) is 0.933. The van der Waals surface area contributed by atoms with Gasteiger partial charge in [-0.3, -0.25) is 9.20 Å². The van der Waals surface area contributed by atoms with E-state index in [2.05, 4.69) is 9.97 Å². The van der Waals surface area contributed by atoms with Crippen molar-refractivity contribution in [1.29, 1.82) is 0 Å². The predicted octanol–water partition coefficient (Wildman–Crippen LogP) is 0.542. The van der Waals surface area contributed by atoms with Gasteiger partial charge in [-0.05, 0) is 6.07 Å². The number of hydrogen-bond acceptors (Lipinski definition) is 3. The van der Waals surface area contributed by atoms with Crippen LogP contribution in [0.4, 0.5) is 0 Å². The lowest BCUT2D eigenvalue weighted by atomic mass is 10.5. The van der Waals surface area contributed by atoms with E-state index < -0.39 is 0 Å². The highest BCUT2D eigenvalue weighted by Gasteiger charge is 1.99. The van der Waals surface area contributed by atoms with Crippen LogP contribution in [0.25, 0.3) is 5.78 Å². The van der Waals surface area contributed by atoms with Gasteiger partial charge in [-0.2, -0.15) is 0 Å². The predicted molar refractivity (Wildman–Crippen MR) is 38.4 cm³/mol. The molecule has 0 unspecified atom stereocenters. The van der Waals surface area contributed by atoms with Crippen molar-refractivity contribution < 1.29 is 4.79 Å². The van der Waals surface area contributed by atoms with Crippen LogP contribution in [0.5, 0.6) is 0 Å². The molecule has 11 heavy (non-hydrogen) atoms. The topological polar surface area (TPSA) is 47.3 Å². The minimum Gasteiger partial charge on any atom is -0.296 e. The van der Waals surface area contributed by atoms with Gasteiger partial charge in [0.25, 0.3) is 0 Å². The van der Waals surface area contributed by atoms with Gasteiger partial charge in [0, 0.05) is 12.4 Å². The van der Waals surface area contributed by atoms with Gasteiger partial charge in [-0.25, -0.2) is 9.97 Å². The van der Waals surface area contributed by atoms with E-state index in [0.29, 0.717) is 11.5 Å². The third-order valence-corrected chi connectivity index (χ3v) is 1.44. The summed E-state index contributed by atoms with van der Waals surface area (Å²) in [6.45, 7) is 0. The lowest BCUT2D eigenvalue weighted by molar-refractivity contribution is 0.111. The molecule has 0 saturated heterocycles. The second kappa shape index (κ2) is 2.16. The van der Waals surface area contributed by atoms with E-state index in [1.807, 2.05) is 0 Å². The molecule has 0 bridgehead atoms. The van der Waals surface area contributed by atoms with Crippen molar-refractivity contribution in [3.63, 3.8) is 0 Å². The fraction of sp³-hybridized carbons (Fsp3) is 0. The molecular weight excluding hydrogens is 142 g/mol. The first kappa shape index (κ1) is 6.03. The number of aldehydes is 1. The number of aromatic nitrogens is 3. The van der Waals surface area contributed by atoms with Crippen LogP contribution in [0.1, 0.15) is 10.5 Å². The Morgan fingerprint density at radius 3 is 3.18 bits per heavy atom. The number of nitrogens with zero attached hydrogens (tertiary/aromatic N) is 3. The third kappa shape index (κ3) is 0.797. The first-order valence-electron chi connectivity index (χ1n) is 3.15. The van der Waals surface area contributed by atoms with E-state index in [9.17, 15) is 4.79 Å².